The van der Waals surface area contributed by atoms with E-state index in [9.17, 15) is 9.59 Å². The summed E-state index contributed by atoms with van der Waals surface area (Å²) in [6, 6.07) is 3.61. The first kappa shape index (κ1) is 16.1. The van der Waals surface area contributed by atoms with Gasteiger partial charge in [0, 0.05) is 6.54 Å². The van der Waals surface area contributed by atoms with Crippen LogP contribution in [0.15, 0.2) is 34.6 Å². The summed E-state index contributed by atoms with van der Waals surface area (Å²) in [6.45, 7) is 6.34. The molecule has 120 valence electrons. The van der Waals surface area contributed by atoms with Crippen LogP contribution in [-0.2, 0) is 16.1 Å². The number of hydrogen-bond donors (Lipinski definition) is 1. The third-order valence-corrected chi connectivity index (χ3v) is 3.06. The smallest absolute Gasteiger partial charge is 0.412 e. The van der Waals surface area contributed by atoms with E-state index in [1.807, 2.05) is 6.07 Å². The van der Waals surface area contributed by atoms with Gasteiger partial charge in [-0.15, -0.1) is 0 Å². The standard InChI is InChI=1S/C16H22N2O4/c1-16(2,3)22-15(20)17-13-8-4-5-9-18(14(13)19)11-12-7-6-10-21-12/h6-8,10H,4-5,9,11H2,1-3H3,(H,17,20). The molecule has 0 aromatic carbocycles. The van der Waals surface area contributed by atoms with E-state index in [0.29, 0.717) is 18.8 Å². The summed E-state index contributed by atoms with van der Waals surface area (Å²) in [5, 5.41) is 2.55. The topological polar surface area (TPSA) is 71.8 Å². The molecule has 0 unspecified atom stereocenters. The Bertz CT molecular complexity index is 555. The van der Waals surface area contributed by atoms with Gasteiger partial charge in [-0.25, -0.2) is 4.79 Å². The molecule has 0 saturated carbocycles. The molecule has 2 amide bonds. The Morgan fingerprint density at radius 3 is 2.86 bits per heavy atom. The highest BCUT2D eigenvalue weighted by Crippen LogP contribution is 2.15. The van der Waals surface area contributed by atoms with Crippen molar-refractivity contribution < 1.29 is 18.7 Å². The van der Waals surface area contributed by atoms with E-state index in [4.69, 9.17) is 9.15 Å². The van der Waals surface area contributed by atoms with Gasteiger partial charge in [0.25, 0.3) is 5.91 Å². The number of nitrogens with one attached hydrogen (secondary N) is 1. The molecule has 0 saturated heterocycles. The molecule has 1 aromatic heterocycles. The Labute approximate surface area is 130 Å². The van der Waals surface area contributed by atoms with Crippen molar-refractivity contribution in [2.75, 3.05) is 6.54 Å². The molecule has 1 aromatic rings. The highest BCUT2D eigenvalue weighted by atomic mass is 16.6. The fourth-order valence-corrected chi connectivity index (χ4v) is 2.15. The predicted molar refractivity (Wildman–Crippen MR) is 80.8 cm³/mol. The number of rotatable bonds is 3. The number of carbonyl (C=O) groups excluding carboxylic acids is 2. The zero-order chi connectivity index (χ0) is 16.2. The van der Waals surface area contributed by atoms with Gasteiger partial charge in [-0.05, 0) is 45.7 Å². The molecule has 2 rings (SSSR count). The second-order valence-corrected chi connectivity index (χ2v) is 6.19. The summed E-state index contributed by atoms with van der Waals surface area (Å²) < 4.78 is 10.5. The highest BCUT2D eigenvalue weighted by molar-refractivity contribution is 5.96. The Morgan fingerprint density at radius 1 is 1.45 bits per heavy atom. The van der Waals surface area contributed by atoms with E-state index in [-0.39, 0.29) is 11.6 Å². The van der Waals surface area contributed by atoms with E-state index in [1.165, 1.54) is 0 Å². The summed E-state index contributed by atoms with van der Waals surface area (Å²) in [5.41, 5.74) is -0.343. The lowest BCUT2D eigenvalue weighted by Gasteiger charge is -2.23. The van der Waals surface area contributed by atoms with E-state index in [2.05, 4.69) is 5.32 Å². The number of alkyl carbamates (subject to hydrolysis) is 1. The van der Waals surface area contributed by atoms with Crippen molar-refractivity contribution in [1.82, 2.24) is 10.2 Å². The van der Waals surface area contributed by atoms with Gasteiger partial charge in [0.15, 0.2) is 0 Å². The number of carbonyl (C=O) groups is 2. The molecular formula is C16H22N2O4. The largest absolute Gasteiger partial charge is 0.467 e. The zero-order valence-corrected chi connectivity index (χ0v) is 13.2. The van der Waals surface area contributed by atoms with Crippen molar-refractivity contribution in [3.8, 4) is 0 Å². The number of ether oxygens (including phenoxy) is 1. The molecular weight excluding hydrogens is 284 g/mol. The maximum atomic E-state index is 12.5. The number of nitrogens with zero attached hydrogens (tertiary/aromatic N) is 1. The van der Waals surface area contributed by atoms with E-state index in [1.54, 1.807) is 44.1 Å². The minimum Gasteiger partial charge on any atom is -0.467 e. The minimum absolute atomic E-state index is 0.222. The minimum atomic E-state index is -0.619. The zero-order valence-electron chi connectivity index (χ0n) is 13.2. The van der Waals surface area contributed by atoms with Crippen LogP contribution in [0.3, 0.4) is 0 Å². The predicted octanol–water partition coefficient (Wildman–Crippen LogP) is 2.81. The van der Waals surface area contributed by atoms with Crippen molar-refractivity contribution in [2.24, 2.45) is 0 Å². The average Bonchev–Trinajstić information content (AvgIpc) is 2.85. The lowest BCUT2D eigenvalue weighted by atomic mass is 10.2. The first-order valence-corrected chi connectivity index (χ1v) is 7.37. The average molecular weight is 306 g/mol. The van der Waals surface area contributed by atoms with Crippen LogP contribution in [0.2, 0.25) is 0 Å². The van der Waals surface area contributed by atoms with Crippen LogP contribution in [-0.4, -0.2) is 29.0 Å². The maximum Gasteiger partial charge on any atom is 0.412 e. The molecule has 0 atom stereocenters. The van der Waals surface area contributed by atoms with Gasteiger partial charge in [-0.3, -0.25) is 10.1 Å². The molecule has 0 fully saturated rings. The molecule has 0 radical (unpaired) electrons. The quantitative estimate of drug-likeness (QED) is 0.932. The van der Waals surface area contributed by atoms with Crippen molar-refractivity contribution in [3.05, 3.63) is 35.9 Å². The number of amides is 2. The Balaban J connectivity index is 2.02. The third kappa shape index (κ3) is 4.65. The van der Waals surface area contributed by atoms with Crippen LogP contribution < -0.4 is 5.32 Å². The van der Waals surface area contributed by atoms with E-state index >= 15 is 0 Å². The van der Waals surface area contributed by atoms with Gasteiger partial charge in [-0.1, -0.05) is 6.08 Å². The SMILES string of the molecule is CC(C)(C)OC(=O)NC1=CCCCN(Cc2ccco2)C1=O. The lowest BCUT2D eigenvalue weighted by molar-refractivity contribution is -0.128. The van der Waals surface area contributed by atoms with Gasteiger partial charge in [0.2, 0.25) is 0 Å². The third-order valence-electron chi connectivity index (χ3n) is 3.06. The summed E-state index contributed by atoms with van der Waals surface area (Å²) >= 11 is 0. The summed E-state index contributed by atoms with van der Waals surface area (Å²) in [6.07, 6.45) is 4.27. The number of furan rings is 1. The first-order chi connectivity index (χ1) is 10.3. The molecule has 1 aliphatic heterocycles. The summed E-state index contributed by atoms with van der Waals surface area (Å²) in [5.74, 6) is 0.492. The molecule has 1 aliphatic rings. The Morgan fingerprint density at radius 2 is 2.23 bits per heavy atom. The van der Waals surface area contributed by atoms with Gasteiger partial charge in [-0.2, -0.15) is 0 Å². The fraction of sp³-hybridized carbons (Fsp3) is 0.500. The van der Waals surface area contributed by atoms with Crippen LogP contribution in [0.4, 0.5) is 4.79 Å². The number of allylic oxidation sites excluding steroid dienone is 1. The fourth-order valence-electron chi connectivity index (χ4n) is 2.15. The molecule has 6 nitrogen and oxygen atoms in total. The van der Waals surface area contributed by atoms with Crippen LogP contribution in [0.1, 0.15) is 39.4 Å². The highest BCUT2D eigenvalue weighted by Gasteiger charge is 2.25. The molecule has 2 heterocycles. The molecule has 0 aliphatic carbocycles. The first-order valence-electron chi connectivity index (χ1n) is 7.37. The van der Waals surface area contributed by atoms with Crippen molar-refractivity contribution >= 4 is 12.0 Å². The van der Waals surface area contributed by atoms with Crippen LogP contribution in [0, 0.1) is 0 Å². The monoisotopic (exact) mass is 306 g/mol. The molecule has 0 spiro atoms. The van der Waals surface area contributed by atoms with Gasteiger partial charge in [0.1, 0.15) is 17.1 Å². The van der Waals surface area contributed by atoms with E-state index < -0.39 is 11.7 Å². The molecule has 1 N–H and O–H groups in total. The Hall–Kier alpha value is -2.24. The summed E-state index contributed by atoms with van der Waals surface area (Å²) in [4.78, 5) is 26.0. The normalized spacial score (nSPS) is 16.0. The molecule has 22 heavy (non-hydrogen) atoms. The van der Waals surface area contributed by atoms with Crippen LogP contribution >= 0.6 is 0 Å². The second kappa shape index (κ2) is 6.68. The van der Waals surface area contributed by atoms with Gasteiger partial charge < -0.3 is 14.1 Å². The molecule has 0 bridgehead atoms. The number of hydrogen-bond acceptors (Lipinski definition) is 4. The Kier molecular flexibility index (Phi) is 4.90. The van der Waals surface area contributed by atoms with Crippen molar-refractivity contribution in [1.29, 1.82) is 0 Å². The lowest BCUT2D eigenvalue weighted by Crippen LogP contribution is -2.39. The van der Waals surface area contributed by atoms with Gasteiger partial charge in [0.05, 0.1) is 12.8 Å². The van der Waals surface area contributed by atoms with Gasteiger partial charge >= 0.3 is 6.09 Å². The van der Waals surface area contributed by atoms with Crippen LogP contribution in [0.5, 0.6) is 0 Å². The van der Waals surface area contributed by atoms with Crippen LogP contribution in [0.25, 0.3) is 0 Å². The maximum absolute atomic E-state index is 12.5. The van der Waals surface area contributed by atoms with Crippen molar-refractivity contribution in [3.63, 3.8) is 0 Å². The molecule has 6 heteroatoms. The second-order valence-electron chi connectivity index (χ2n) is 6.19. The van der Waals surface area contributed by atoms with E-state index in [0.717, 1.165) is 12.8 Å². The van der Waals surface area contributed by atoms with Crippen molar-refractivity contribution in [2.45, 2.75) is 45.8 Å². The summed E-state index contributed by atoms with van der Waals surface area (Å²) in [7, 11) is 0.